The molecular weight excluding hydrogens is 162 g/mol. The van der Waals surface area contributed by atoms with E-state index >= 15 is 0 Å². The number of hydrogen-bond donors (Lipinski definition) is 0. The molecule has 0 saturated carbocycles. The highest BCUT2D eigenvalue weighted by Crippen LogP contribution is 2.31. The Hall–Kier alpha value is -1.40. The Labute approximate surface area is 77.3 Å². The van der Waals surface area contributed by atoms with Gasteiger partial charge in [0.15, 0.2) is 0 Å². The summed E-state index contributed by atoms with van der Waals surface area (Å²) in [5, 5.41) is 0. The number of isocyanates is 1. The van der Waals surface area contributed by atoms with Crippen LogP contribution in [0, 0.1) is 0 Å². The summed E-state index contributed by atoms with van der Waals surface area (Å²) in [6.07, 6.45) is 4.86. The minimum atomic E-state index is 0.0578. The van der Waals surface area contributed by atoms with Gasteiger partial charge in [-0.15, -0.1) is 0 Å². The first-order valence-corrected chi connectivity index (χ1v) is 4.56. The van der Waals surface area contributed by atoms with Gasteiger partial charge < -0.3 is 0 Å². The van der Waals surface area contributed by atoms with Crippen molar-refractivity contribution in [2.75, 3.05) is 0 Å². The fraction of sp³-hybridized carbons (Fsp3) is 0.364. The van der Waals surface area contributed by atoms with Crippen LogP contribution in [0.25, 0.3) is 0 Å². The molecule has 0 amide bonds. The second-order valence-corrected chi connectivity index (χ2v) is 3.33. The predicted molar refractivity (Wildman–Crippen MR) is 50.2 cm³/mol. The van der Waals surface area contributed by atoms with Crippen molar-refractivity contribution in [3.8, 4) is 0 Å². The molecule has 0 aromatic heterocycles. The predicted octanol–water partition coefficient (Wildman–Crippen LogP) is 2.40. The lowest BCUT2D eigenvalue weighted by molar-refractivity contribution is 0.538. The standard InChI is InChI=1S/C11H11NO/c13-8-12-11-7-3-5-9-4-1-2-6-10(9)11/h1-2,4,6,11H,3,5,7H2. The molecule has 0 radical (unpaired) electrons. The van der Waals surface area contributed by atoms with E-state index in [1.54, 1.807) is 6.08 Å². The number of benzene rings is 1. The Balaban J connectivity index is 2.42. The van der Waals surface area contributed by atoms with Crippen molar-refractivity contribution in [3.05, 3.63) is 35.4 Å². The van der Waals surface area contributed by atoms with E-state index in [0.717, 1.165) is 19.3 Å². The molecule has 0 aliphatic heterocycles. The first kappa shape index (κ1) is 8.21. The number of aryl methyl sites for hydroxylation is 1. The van der Waals surface area contributed by atoms with Gasteiger partial charge in [-0.25, -0.2) is 4.79 Å². The third-order valence-electron chi connectivity index (χ3n) is 2.55. The minimum absolute atomic E-state index is 0.0578. The molecule has 0 bridgehead atoms. The molecule has 1 unspecified atom stereocenters. The quantitative estimate of drug-likeness (QED) is 0.473. The Morgan fingerprint density at radius 1 is 1.38 bits per heavy atom. The number of fused-ring (bicyclic) bond motifs is 1. The Kier molecular flexibility index (Phi) is 2.24. The Bertz CT molecular complexity index is 353. The van der Waals surface area contributed by atoms with E-state index in [9.17, 15) is 4.79 Å². The van der Waals surface area contributed by atoms with E-state index in [1.165, 1.54) is 11.1 Å². The van der Waals surface area contributed by atoms with E-state index < -0.39 is 0 Å². The van der Waals surface area contributed by atoms with Crippen molar-refractivity contribution in [2.24, 2.45) is 4.99 Å². The van der Waals surface area contributed by atoms with Crippen LogP contribution in [0.5, 0.6) is 0 Å². The van der Waals surface area contributed by atoms with Gasteiger partial charge in [0.1, 0.15) is 0 Å². The summed E-state index contributed by atoms with van der Waals surface area (Å²) in [4.78, 5) is 14.0. The monoisotopic (exact) mass is 173 g/mol. The summed E-state index contributed by atoms with van der Waals surface area (Å²) in [7, 11) is 0. The molecule has 0 N–H and O–H groups in total. The average Bonchev–Trinajstić information content (AvgIpc) is 2.19. The highest BCUT2D eigenvalue weighted by atomic mass is 16.1. The van der Waals surface area contributed by atoms with Gasteiger partial charge in [0.2, 0.25) is 6.08 Å². The zero-order chi connectivity index (χ0) is 9.10. The topological polar surface area (TPSA) is 29.4 Å². The van der Waals surface area contributed by atoms with Crippen LogP contribution in [0.1, 0.15) is 30.0 Å². The van der Waals surface area contributed by atoms with Crippen molar-refractivity contribution in [2.45, 2.75) is 25.3 Å². The number of nitrogens with zero attached hydrogens (tertiary/aromatic N) is 1. The van der Waals surface area contributed by atoms with E-state index in [4.69, 9.17) is 0 Å². The lowest BCUT2D eigenvalue weighted by Crippen LogP contribution is -2.07. The zero-order valence-corrected chi connectivity index (χ0v) is 7.36. The van der Waals surface area contributed by atoms with Crippen LogP contribution in [0.2, 0.25) is 0 Å². The van der Waals surface area contributed by atoms with Gasteiger partial charge in [-0.3, -0.25) is 0 Å². The number of aliphatic imine (C=N–C) groups is 1. The molecule has 2 nitrogen and oxygen atoms in total. The summed E-state index contributed by atoms with van der Waals surface area (Å²) >= 11 is 0. The summed E-state index contributed by atoms with van der Waals surface area (Å²) in [5.41, 5.74) is 2.54. The maximum atomic E-state index is 10.2. The largest absolute Gasteiger partial charge is 0.235 e. The molecule has 0 fully saturated rings. The molecule has 1 aliphatic rings. The maximum absolute atomic E-state index is 10.2. The molecule has 0 saturated heterocycles. The van der Waals surface area contributed by atoms with Crippen molar-refractivity contribution >= 4 is 6.08 Å². The van der Waals surface area contributed by atoms with Crippen LogP contribution in [0.15, 0.2) is 29.3 Å². The lowest BCUT2D eigenvalue weighted by Gasteiger charge is -2.20. The van der Waals surface area contributed by atoms with Crippen LogP contribution in [-0.4, -0.2) is 6.08 Å². The molecule has 2 rings (SSSR count). The first-order valence-electron chi connectivity index (χ1n) is 4.56. The second kappa shape index (κ2) is 3.55. The van der Waals surface area contributed by atoms with Gasteiger partial charge in [0.05, 0.1) is 6.04 Å². The molecular formula is C11H11NO. The van der Waals surface area contributed by atoms with Crippen molar-refractivity contribution < 1.29 is 4.79 Å². The maximum Gasteiger partial charge on any atom is 0.235 e. The van der Waals surface area contributed by atoms with Crippen molar-refractivity contribution in [3.63, 3.8) is 0 Å². The van der Waals surface area contributed by atoms with Crippen molar-refractivity contribution in [1.82, 2.24) is 0 Å². The first-order chi connectivity index (χ1) is 6.42. The van der Waals surface area contributed by atoms with Gasteiger partial charge in [-0.05, 0) is 30.4 Å². The summed E-state index contributed by atoms with van der Waals surface area (Å²) in [6, 6.07) is 8.26. The SMILES string of the molecule is O=C=NC1CCCc2ccccc21. The molecule has 13 heavy (non-hydrogen) atoms. The van der Waals surface area contributed by atoms with E-state index in [0.29, 0.717) is 0 Å². The van der Waals surface area contributed by atoms with Crippen LogP contribution in [0.4, 0.5) is 0 Å². The fourth-order valence-corrected chi connectivity index (χ4v) is 1.93. The van der Waals surface area contributed by atoms with Gasteiger partial charge in [-0.1, -0.05) is 24.3 Å². The minimum Gasteiger partial charge on any atom is -0.211 e. The number of carbonyl (C=O) groups excluding carboxylic acids is 1. The number of hydrogen-bond acceptors (Lipinski definition) is 2. The van der Waals surface area contributed by atoms with Gasteiger partial charge in [0, 0.05) is 0 Å². The number of rotatable bonds is 1. The van der Waals surface area contributed by atoms with E-state index in [2.05, 4.69) is 17.1 Å². The van der Waals surface area contributed by atoms with Crippen LogP contribution < -0.4 is 0 Å². The summed E-state index contributed by atoms with van der Waals surface area (Å²) in [6.45, 7) is 0. The normalized spacial score (nSPS) is 20.2. The van der Waals surface area contributed by atoms with Gasteiger partial charge in [0.25, 0.3) is 0 Å². The lowest BCUT2D eigenvalue weighted by atomic mass is 9.88. The molecule has 0 spiro atoms. The molecule has 2 heteroatoms. The van der Waals surface area contributed by atoms with Crippen LogP contribution >= 0.6 is 0 Å². The van der Waals surface area contributed by atoms with Crippen LogP contribution in [-0.2, 0) is 11.2 Å². The van der Waals surface area contributed by atoms with Gasteiger partial charge in [-0.2, -0.15) is 4.99 Å². The third kappa shape index (κ3) is 1.53. The van der Waals surface area contributed by atoms with E-state index in [1.807, 2.05) is 12.1 Å². The van der Waals surface area contributed by atoms with Crippen LogP contribution in [0.3, 0.4) is 0 Å². The highest BCUT2D eigenvalue weighted by Gasteiger charge is 2.18. The average molecular weight is 173 g/mol. The Morgan fingerprint density at radius 3 is 3.08 bits per heavy atom. The highest BCUT2D eigenvalue weighted by molar-refractivity contribution is 5.38. The van der Waals surface area contributed by atoms with E-state index in [-0.39, 0.29) is 6.04 Å². The smallest absolute Gasteiger partial charge is 0.211 e. The zero-order valence-electron chi connectivity index (χ0n) is 7.36. The fourth-order valence-electron chi connectivity index (χ4n) is 1.93. The molecule has 1 aromatic carbocycles. The van der Waals surface area contributed by atoms with Gasteiger partial charge >= 0.3 is 0 Å². The van der Waals surface area contributed by atoms with Crippen molar-refractivity contribution in [1.29, 1.82) is 0 Å². The second-order valence-electron chi connectivity index (χ2n) is 3.33. The molecule has 1 aliphatic carbocycles. The molecule has 66 valence electrons. The third-order valence-corrected chi connectivity index (χ3v) is 2.55. The summed E-state index contributed by atoms with van der Waals surface area (Å²) in [5.74, 6) is 0. The molecule has 1 atom stereocenters. The molecule has 1 aromatic rings. The Morgan fingerprint density at radius 2 is 2.23 bits per heavy atom. The summed E-state index contributed by atoms with van der Waals surface area (Å²) < 4.78 is 0. The molecule has 0 heterocycles.